The number of carboxylic acids is 1. The van der Waals surface area contributed by atoms with Gasteiger partial charge in [-0.3, -0.25) is 4.79 Å². The number of carboxylic acid groups (broad SMARTS) is 1. The quantitative estimate of drug-likeness (QED) is 0.905. The molecule has 0 saturated carbocycles. The van der Waals surface area contributed by atoms with Crippen molar-refractivity contribution in [2.24, 2.45) is 0 Å². The zero-order chi connectivity index (χ0) is 15.4. The van der Waals surface area contributed by atoms with Crippen LogP contribution in [0.5, 0.6) is 5.75 Å². The molecule has 0 atom stereocenters. The van der Waals surface area contributed by atoms with Crippen molar-refractivity contribution in [3.05, 3.63) is 59.2 Å². The van der Waals surface area contributed by atoms with Crippen LogP contribution in [0.4, 0.5) is 5.69 Å². The van der Waals surface area contributed by atoms with Gasteiger partial charge in [-0.05, 0) is 42.8 Å². The fourth-order valence-corrected chi connectivity index (χ4v) is 1.96. The first-order valence-corrected chi connectivity index (χ1v) is 6.31. The molecule has 2 aromatic rings. The molecule has 2 N–H and O–H groups in total. The van der Waals surface area contributed by atoms with Gasteiger partial charge in [-0.2, -0.15) is 0 Å². The van der Waals surface area contributed by atoms with E-state index in [0.717, 1.165) is 0 Å². The maximum atomic E-state index is 12.3. The van der Waals surface area contributed by atoms with Crippen molar-refractivity contribution in [2.75, 3.05) is 12.4 Å². The second-order valence-electron chi connectivity index (χ2n) is 4.49. The van der Waals surface area contributed by atoms with E-state index in [1.807, 2.05) is 0 Å². The molecule has 108 valence electrons. The molecule has 2 rings (SSSR count). The van der Waals surface area contributed by atoms with Crippen molar-refractivity contribution < 1.29 is 19.4 Å². The van der Waals surface area contributed by atoms with Gasteiger partial charge in [-0.1, -0.05) is 12.1 Å². The third-order valence-electron chi connectivity index (χ3n) is 3.07. The van der Waals surface area contributed by atoms with Crippen LogP contribution in [-0.4, -0.2) is 24.1 Å². The number of hydrogen-bond donors (Lipinski definition) is 2. The lowest BCUT2D eigenvalue weighted by Crippen LogP contribution is -2.14. The molecule has 21 heavy (non-hydrogen) atoms. The molecule has 0 aromatic heterocycles. The summed E-state index contributed by atoms with van der Waals surface area (Å²) < 4.78 is 5.15. The molecule has 0 bridgehead atoms. The van der Waals surface area contributed by atoms with Gasteiger partial charge in [0.1, 0.15) is 5.75 Å². The van der Waals surface area contributed by atoms with Gasteiger partial charge in [0.25, 0.3) is 5.91 Å². The summed E-state index contributed by atoms with van der Waals surface area (Å²) in [4.78, 5) is 23.1. The molecule has 0 fully saturated rings. The van der Waals surface area contributed by atoms with Gasteiger partial charge in [0.05, 0.1) is 18.2 Å². The minimum Gasteiger partial charge on any atom is -0.496 e. The summed E-state index contributed by atoms with van der Waals surface area (Å²) in [5.74, 6) is -0.825. The number of rotatable bonds is 4. The van der Waals surface area contributed by atoms with Crippen molar-refractivity contribution in [1.82, 2.24) is 0 Å². The molecule has 5 heteroatoms. The van der Waals surface area contributed by atoms with Crippen molar-refractivity contribution >= 4 is 17.6 Å². The summed E-state index contributed by atoms with van der Waals surface area (Å²) in [5, 5.41) is 11.7. The largest absolute Gasteiger partial charge is 0.496 e. The van der Waals surface area contributed by atoms with E-state index in [1.165, 1.54) is 19.2 Å². The molecule has 0 spiro atoms. The molecule has 0 unspecified atom stereocenters. The number of anilines is 1. The fourth-order valence-electron chi connectivity index (χ4n) is 1.96. The van der Waals surface area contributed by atoms with Crippen LogP contribution in [0, 0.1) is 6.92 Å². The van der Waals surface area contributed by atoms with Crippen molar-refractivity contribution in [3.63, 3.8) is 0 Å². The summed E-state index contributed by atoms with van der Waals surface area (Å²) in [5.41, 5.74) is 1.85. The van der Waals surface area contributed by atoms with Gasteiger partial charge in [-0.15, -0.1) is 0 Å². The maximum absolute atomic E-state index is 12.3. The first-order chi connectivity index (χ1) is 10.0. The van der Waals surface area contributed by atoms with Crippen LogP contribution in [0.25, 0.3) is 0 Å². The summed E-state index contributed by atoms with van der Waals surface area (Å²) >= 11 is 0. The number of aromatic carboxylic acids is 1. The zero-order valence-electron chi connectivity index (χ0n) is 11.7. The van der Waals surface area contributed by atoms with Gasteiger partial charge in [0, 0.05) is 5.69 Å². The molecule has 2 aromatic carbocycles. The van der Waals surface area contributed by atoms with Crippen molar-refractivity contribution in [1.29, 1.82) is 0 Å². The molecule has 0 saturated heterocycles. The summed E-state index contributed by atoms with van der Waals surface area (Å²) in [6.45, 7) is 1.74. The lowest BCUT2D eigenvalue weighted by Gasteiger charge is -2.11. The zero-order valence-corrected chi connectivity index (χ0v) is 11.7. The van der Waals surface area contributed by atoms with Gasteiger partial charge >= 0.3 is 5.97 Å². The first kappa shape index (κ1) is 14.6. The van der Waals surface area contributed by atoms with Gasteiger partial charge in [0.15, 0.2) is 0 Å². The average molecular weight is 285 g/mol. The minimum absolute atomic E-state index is 0.183. The number of carbonyl (C=O) groups is 2. The van der Waals surface area contributed by atoms with E-state index in [4.69, 9.17) is 9.84 Å². The lowest BCUT2D eigenvalue weighted by atomic mass is 10.1. The van der Waals surface area contributed by atoms with E-state index in [9.17, 15) is 9.59 Å². The number of hydrogen-bond acceptors (Lipinski definition) is 3. The van der Waals surface area contributed by atoms with Crippen molar-refractivity contribution in [2.45, 2.75) is 6.92 Å². The van der Waals surface area contributed by atoms with E-state index in [0.29, 0.717) is 22.6 Å². The highest BCUT2D eigenvalue weighted by molar-refractivity contribution is 6.06. The van der Waals surface area contributed by atoms with Crippen LogP contribution in [0.2, 0.25) is 0 Å². The molecule has 0 radical (unpaired) electrons. The Morgan fingerprint density at radius 3 is 2.48 bits per heavy atom. The summed E-state index contributed by atoms with van der Waals surface area (Å²) in [7, 11) is 1.50. The highest BCUT2D eigenvalue weighted by Crippen LogP contribution is 2.21. The Hall–Kier alpha value is -2.82. The number of aryl methyl sites for hydroxylation is 1. The van der Waals surface area contributed by atoms with E-state index in [1.54, 1.807) is 37.3 Å². The standard InChI is InChI=1S/C16H15NO4/c1-10-9-11(16(19)20)7-8-13(10)17-15(18)12-5-3-4-6-14(12)21-2/h3-9H,1-2H3,(H,17,18)(H,19,20). The number of ether oxygens (including phenoxy) is 1. The molecule has 5 nitrogen and oxygen atoms in total. The SMILES string of the molecule is COc1ccccc1C(=O)Nc1ccc(C(=O)O)cc1C. The molecule has 0 aliphatic rings. The predicted octanol–water partition coefficient (Wildman–Crippen LogP) is 2.95. The van der Waals surface area contributed by atoms with Gasteiger partial charge in [0.2, 0.25) is 0 Å². The highest BCUT2D eigenvalue weighted by Gasteiger charge is 2.13. The molecular formula is C16H15NO4. The molecular weight excluding hydrogens is 270 g/mol. The molecule has 0 aliphatic carbocycles. The first-order valence-electron chi connectivity index (χ1n) is 6.31. The Labute approximate surface area is 122 Å². The fraction of sp³-hybridized carbons (Fsp3) is 0.125. The number of amides is 1. The lowest BCUT2D eigenvalue weighted by molar-refractivity contribution is 0.0696. The third-order valence-corrected chi connectivity index (χ3v) is 3.07. The highest BCUT2D eigenvalue weighted by atomic mass is 16.5. The number of para-hydroxylation sites is 1. The molecule has 0 aliphatic heterocycles. The van der Waals surface area contributed by atoms with Crippen molar-refractivity contribution in [3.8, 4) is 5.75 Å². The third kappa shape index (κ3) is 3.20. The van der Waals surface area contributed by atoms with Crippen LogP contribution >= 0.6 is 0 Å². The van der Waals surface area contributed by atoms with Crippen LogP contribution in [0.3, 0.4) is 0 Å². The number of benzene rings is 2. The van der Waals surface area contributed by atoms with Crippen LogP contribution in [-0.2, 0) is 0 Å². The Kier molecular flexibility index (Phi) is 4.23. The number of carbonyl (C=O) groups excluding carboxylic acids is 1. The molecule has 0 heterocycles. The van der Waals surface area contributed by atoms with Crippen LogP contribution in [0.15, 0.2) is 42.5 Å². The Morgan fingerprint density at radius 2 is 1.86 bits per heavy atom. The minimum atomic E-state index is -0.999. The normalized spacial score (nSPS) is 10.0. The Balaban J connectivity index is 2.26. The molecule has 1 amide bonds. The second-order valence-corrected chi connectivity index (χ2v) is 4.49. The predicted molar refractivity (Wildman–Crippen MR) is 79.1 cm³/mol. The monoisotopic (exact) mass is 285 g/mol. The van der Waals surface area contributed by atoms with E-state index in [-0.39, 0.29) is 11.5 Å². The summed E-state index contributed by atoms with van der Waals surface area (Å²) in [6.07, 6.45) is 0. The number of nitrogens with one attached hydrogen (secondary N) is 1. The number of methoxy groups -OCH3 is 1. The second kappa shape index (κ2) is 6.09. The maximum Gasteiger partial charge on any atom is 0.335 e. The smallest absolute Gasteiger partial charge is 0.335 e. The van der Waals surface area contributed by atoms with Crippen LogP contribution < -0.4 is 10.1 Å². The topological polar surface area (TPSA) is 75.6 Å². The van der Waals surface area contributed by atoms with E-state index in [2.05, 4.69) is 5.32 Å². The van der Waals surface area contributed by atoms with E-state index < -0.39 is 5.97 Å². The van der Waals surface area contributed by atoms with E-state index >= 15 is 0 Å². The average Bonchev–Trinajstić information content (AvgIpc) is 2.48. The Morgan fingerprint density at radius 1 is 1.14 bits per heavy atom. The van der Waals surface area contributed by atoms with Gasteiger partial charge < -0.3 is 15.2 Å². The Bertz CT molecular complexity index is 694. The van der Waals surface area contributed by atoms with Crippen LogP contribution in [0.1, 0.15) is 26.3 Å². The van der Waals surface area contributed by atoms with Gasteiger partial charge in [-0.25, -0.2) is 4.79 Å². The summed E-state index contributed by atoms with van der Waals surface area (Å²) in [6, 6.07) is 11.4.